The maximum atomic E-state index is 12.4. The summed E-state index contributed by atoms with van der Waals surface area (Å²) < 4.78 is 2.59. The first-order valence-corrected chi connectivity index (χ1v) is 7.56. The van der Waals surface area contributed by atoms with Gasteiger partial charge in [-0.1, -0.05) is 6.92 Å². The van der Waals surface area contributed by atoms with Crippen molar-refractivity contribution in [3.05, 3.63) is 15.9 Å². The van der Waals surface area contributed by atoms with E-state index < -0.39 is 5.60 Å². The number of Topliss-reactive ketones (excluding diaryl/α,β-unsaturated/α-hetero) is 1. The first kappa shape index (κ1) is 14.7. The molecule has 1 heterocycles. The van der Waals surface area contributed by atoms with Crippen LogP contribution >= 0.6 is 15.9 Å². The van der Waals surface area contributed by atoms with Gasteiger partial charge in [-0.15, -0.1) is 0 Å². The molecule has 106 valence electrons. The number of halogens is 1. The lowest BCUT2D eigenvalue weighted by Crippen LogP contribution is -2.43. The Morgan fingerprint density at radius 2 is 2.11 bits per heavy atom. The zero-order valence-electron chi connectivity index (χ0n) is 11.7. The normalized spacial score (nSPS) is 27.5. The van der Waals surface area contributed by atoms with Gasteiger partial charge in [-0.05, 0) is 54.5 Å². The van der Waals surface area contributed by atoms with E-state index in [0.717, 1.165) is 28.7 Å². The quantitative estimate of drug-likeness (QED) is 0.927. The molecule has 1 aliphatic carbocycles. The van der Waals surface area contributed by atoms with Gasteiger partial charge < -0.3 is 5.11 Å². The Bertz CT molecular complexity index is 488. The van der Waals surface area contributed by atoms with Crippen molar-refractivity contribution in [2.75, 3.05) is 0 Å². The molecule has 1 aromatic heterocycles. The summed E-state index contributed by atoms with van der Waals surface area (Å²) >= 11 is 3.46. The number of hydrogen-bond donors (Lipinski definition) is 1. The zero-order chi connectivity index (χ0) is 14.2. The Morgan fingerprint density at radius 1 is 1.53 bits per heavy atom. The van der Waals surface area contributed by atoms with Crippen LogP contribution < -0.4 is 0 Å². The van der Waals surface area contributed by atoms with E-state index in [-0.39, 0.29) is 12.2 Å². The van der Waals surface area contributed by atoms with E-state index in [4.69, 9.17) is 0 Å². The van der Waals surface area contributed by atoms with E-state index in [0.29, 0.717) is 18.8 Å². The second-order valence-corrected chi connectivity index (χ2v) is 6.58. The number of hydrogen-bond acceptors (Lipinski definition) is 3. The van der Waals surface area contributed by atoms with E-state index in [1.54, 1.807) is 4.68 Å². The van der Waals surface area contributed by atoms with Crippen molar-refractivity contribution < 1.29 is 9.90 Å². The number of nitrogens with zero attached hydrogens (tertiary/aromatic N) is 2. The van der Waals surface area contributed by atoms with Gasteiger partial charge in [0, 0.05) is 7.05 Å². The number of aliphatic hydroxyl groups is 1. The Morgan fingerprint density at radius 3 is 2.58 bits per heavy atom. The van der Waals surface area contributed by atoms with Gasteiger partial charge in [-0.25, -0.2) is 0 Å². The van der Waals surface area contributed by atoms with Crippen molar-refractivity contribution in [2.24, 2.45) is 13.0 Å². The van der Waals surface area contributed by atoms with Gasteiger partial charge in [0.15, 0.2) is 5.78 Å². The molecule has 1 saturated carbocycles. The third-order valence-corrected chi connectivity index (χ3v) is 5.24. The molecular weight excluding hydrogens is 308 g/mol. The Balaban J connectivity index is 2.13. The number of aromatic nitrogens is 2. The highest BCUT2D eigenvalue weighted by atomic mass is 79.9. The van der Waals surface area contributed by atoms with Crippen molar-refractivity contribution in [2.45, 2.75) is 51.6 Å². The molecule has 1 N–H and O–H groups in total. The number of carbonyl (C=O) groups is 1. The molecule has 5 heteroatoms. The van der Waals surface area contributed by atoms with Crippen LogP contribution in [-0.4, -0.2) is 26.3 Å². The van der Waals surface area contributed by atoms with E-state index in [9.17, 15) is 9.90 Å². The number of aryl methyl sites for hydroxylation is 2. The SMILES string of the molecule is Cc1nn(C)c(CC(=O)C2(O)CCC(C)CC2)c1Br. The molecule has 0 atom stereocenters. The highest BCUT2D eigenvalue weighted by Crippen LogP contribution is 2.34. The number of carbonyl (C=O) groups excluding carboxylic acids is 1. The maximum Gasteiger partial charge on any atom is 0.170 e. The lowest BCUT2D eigenvalue weighted by atomic mass is 9.76. The summed E-state index contributed by atoms with van der Waals surface area (Å²) in [7, 11) is 1.83. The second-order valence-electron chi connectivity index (χ2n) is 5.78. The summed E-state index contributed by atoms with van der Waals surface area (Å²) in [5.74, 6) is 0.529. The van der Waals surface area contributed by atoms with Crippen LogP contribution in [0.3, 0.4) is 0 Å². The van der Waals surface area contributed by atoms with Crippen molar-refractivity contribution in [3.63, 3.8) is 0 Å². The van der Waals surface area contributed by atoms with E-state index >= 15 is 0 Å². The highest BCUT2D eigenvalue weighted by molar-refractivity contribution is 9.10. The smallest absolute Gasteiger partial charge is 0.170 e. The Kier molecular flexibility index (Phi) is 4.16. The minimum atomic E-state index is -1.13. The van der Waals surface area contributed by atoms with Crippen molar-refractivity contribution in [1.29, 1.82) is 0 Å². The average molecular weight is 329 g/mol. The molecule has 0 saturated heterocycles. The molecule has 0 radical (unpaired) electrons. The number of ketones is 1. The zero-order valence-corrected chi connectivity index (χ0v) is 13.3. The Hall–Kier alpha value is -0.680. The van der Waals surface area contributed by atoms with Crippen molar-refractivity contribution in [3.8, 4) is 0 Å². The van der Waals surface area contributed by atoms with Crippen LogP contribution in [0.15, 0.2) is 4.47 Å². The van der Waals surface area contributed by atoms with Crippen LogP contribution in [0.5, 0.6) is 0 Å². The predicted molar refractivity (Wildman–Crippen MR) is 76.9 cm³/mol. The van der Waals surface area contributed by atoms with Gasteiger partial charge in [0.2, 0.25) is 0 Å². The van der Waals surface area contributed by atoms with Crippen molar-refractivity contribution in [1.82, 2.24) is 9.78 Å². The van der Waals surface area contributed by atoms with Crippen molar-refractivity contribution >= 4 is 21.7 Å². The molecule has 1 fully saturated rings. The third kappa shape index (κ3) is 2.92. The van der Waals surface area contributed by atoms with Gasteiger partial charge in [0.05, 0.1) is 22.3 Å². The first-order chi connectivity index (χ1) is 8.83. The largest absolute Gasteiger partial charge is 0.382 e. The topological polar surface area (TPSA) is 55.1 Å². The van der Waals surface area contributed by atoms with Gasteiger partial charge >= 0.3 is 0 Å². The molecule has 0 bridgehead atoms. The lowest BCUT2D eigenvalue weighted by Gasteiger charge is -2.33. The monoisotopic (exact) mass is 328 g/mol. The van der Waals surface area contributed by atoms with E-state index in [1.165, 1.54) is 0 Å². The first-order valence-electron chi connectivity index (χ1n) is 6.77. The lowest BCUT2D eigenvalue weighted by molar-refractivity contribution is -0.140. The van der Waals surface area contributed by atoms with Crippen LogP contribution in [0.2, 0.25) is 0 Å². The molecule has 19 heavy (non-hydrogen) atoms. The van der Waals surface area contributed by atoms with Gasteiger partial charge in [-0.2, -0.15) is 5.10 Å². The maximum absolute atomic E-state index is 12.4. The fourth-order valence-corrected chi connectivity index (χ4v) is 3.18. The highest BCUT2D eigenvalue weighted by Gasteiger charge is 2.39. The van der Waals surface area contributed by atoms with E-state index in [2.05, 4.69) is 28.0 Å². The minimum absolute atomic E-state index is 0.0805. The predicted octanol–water partition coefficient (Wildman–Crippen LogP) is 2.54. The molecule has 1 aliphatic rings. The summed E-state index contributed by atoms with van der Waals surface area (Å²) in [4.78, 5) is 12.4. The van der Waals surface area contributed by atoms with Crippen LogP contribution in [0.25, 0.3) is 0 Å². The summed E-state index contributed by atoms with van der Waals surface area (Å²) in [6, 6.07) is 0. The molecular formula is C14H21BrN2O2. The van der Waals surface area contributed by atoms with Gasteiger partial charge in [-0.3, -0.25) is 9.48 Å². The molecule has 1 aromatic rings. The van der Waals surface area contributed by atoms with Crippen LogP contribution in [0, 0.1) is 12.8 Å². The van der Waals surface area contributed by atoms with Gasteiger partial charge in [0.25, 0.3) is 0 Å². The summed E-state index contributed by atoms with van der Waals surface area (Å²) in [5.41, 5.74) is 0.577. The van der Waals surface area contributed by atoms with Crippen LogP contribution in [0.4, 0.5) is 0 Å². The summed E-state index contributed by atoms with van der Waals surface area (Å²) in [6.45, 7) is 4.07. The molecule has 0 amide bonds. The molecule has 0 unspecified atom stereocenters. The van der Waals surface area contributed by atoms with Gasteiger partial charge in [0.1, 0.15) is 5.60 Å². The Labute approximate surface area is 122 Å². The second kappa shape index (κ2) is 5.37. The minimum Gasteiger partial charge on any atom is -0.382 e. The fourth-order valence-electron chi connectivity index (χ4n) is 2.71. The fraction of sp³-hybridized carbons (Fsp3) is 0.714. The molecule has 4 nitrogen and oxygen atoms in total. The number of rotatable bonds is 3. The molecule has 0 spiro atoms. The molecule has 0 aliphatic heterocycles. The molecule has 0 aromatic carbocycles. The average Bonchev–Trinajstić information content (AvgIpc) is 2.60. The third-order valence-electron chi connectivity index (χ3n) is 4.21. The summed E-state index contributed by atoms with van der Waals surface area (Å²) in [5, 5.41) is 14.8. The van der Waals surface area contributed by atoms with E-state index in [1.807, 2.05) is 14.0 Å². The van der Waals surface area contributed by atoms with Crippen LogP contribution in [0.1, 0.15) is 44.0 Å². The van der Waals surface area contributed by atoms with Crippen LogP contribution in [-0.2, 0) is 18.3 Å². The summed E-state index contributed by atoms with van der Waals surface area (Å²) in [6.07, 6.45) is 3.26. The molecule has 2 rings (SSSR count). The standard InChI is InChI=1S/C14H21BrN2O2/c1-9-4-6-14(19,7-5-9)12(18)8-11-13(15)10(2)16-17(11)3/h9,19H,4-8H2,1-3H3.